The zero-order chi connectivity index (χ0) is 21.6. The largest absolute Gasteiger partial charge is 0.469 e. The fourth-order valence-corrected chi connectivity index (χ4v) is 3.61. The number of aromatic nitrogens is 5. The number of pyridine rings is 1. The van der Waals surface area contributed by atoms with Gasteiger partial charge in [0.2, 0.25) is 11.9 Å². The van der Waals surface area contributed by atoms with Crippen molar-refractivity contribution in [2.75, 3.05) is 38.2 Å². The standard InChI is InChI=1S/C21H25N7O3/c1-31-19(30)7-3-2-6-18(29)26-11-13-27(14-12-26)21-24-20-23-10-8-17(28(20)25-21)16-5-4-9-22-15-16/h4-5,8-10,15H,2-3,6-7,11-14H2,1H3. The second-order valence-corrected chi connectivity index (χ2v) is 7.35. The summed E-state index contributed by atoms with van der Waals surface area (Å²) in [6.45, 7) is 2.56. The van der Waals surface area contributed by atoms with Gasteiger partial charge < -0.3 is 14.5 Å². The first-order valence-corrected chi connectivity index (χ1v) is 10.4. The molecule has 3 aromatic heterocycles. The Morgan fingerprint density at radius 1 is 1.06 bits per heavy atom. The molecule has 0 bridgehead atoms. The monoisotopic (exact) mass is 423 g/mol. The molecule has 3 aromatic rings. The Balaban J connectivity index is 1.36. The molecule has 4 rings (SSSR count). The predicted molar refractivity (Wildman–Crippen MR) is 113 cm³/mol. The number of piperazine rings is 1. The average Bonchev–Trinajstić information content (AvgIpc) is 3.26. The number of nitrogens with zero attached hydrogens (tertiary/aromatic N) is 7. The maximum atomic E-state index is 12.4. The Kier molecular flexibility index (Phi) is 6.34. The Morgan fingerprint density at radius 2 is 1.87 bits per heavy atom. The number of carbonyl (C=O) groups excluding carboxylic acids is 2. The van der Waals surface area contributed by atoms with Gasteiger partial charge in [-0.05, 0) is 31.0 Å². The van der Waals surface area contributed by atoms with E-state index in [1.54, 1.807) is 23.1 Å². The molecule has 10 nitrogen and oxygen atoms in total. The Bertz CT molecular complexity index is 1050. The summed E-state index contributed by atoms with van der Waals surface area (Å²) in [7, 11) is 1.38. The summed E-state index contributed by atoms with van der Waals surface area (Å²) in [4.78, 5) is 40.6. The number of unbranched alkanes of at least 4 members (excludes halogenated alkanes) is 1. The van der Waals surface area contributed by atoms with Gasteiger partial charge in [0.25, 0.3) is 5.78 Å². The maximum Gasteiger partial charge on any atom is 0.305 e. The number of amides is 1. The fourth-order valence-electron chi connectivity index (χ4n) is 3.61. The molecule has 0 atom stereocenters. The molecule has 31 heavy (non-hydrogen) atoms. The molecule has 0 N–H and O–H groups in total. The van der Waals surface area contributed by atoms with Crippen LogP contribution in [0, 0.1) is 0 Å². The van der Waals surface area contributed by atoms with E-state index < -0.39 is 0 Å². The highest BCUT2D eigenvalue weighted by Crippen LogP contribution is 2.20. The highest BCUT2D eigenvalue weighted by molar-refractivity contribution is 5.76. The van der Waals surface area contributed by atoms with E-state index in [1.807, 2.05) is 23.1 Å². The van der Waals surface area contributed by atoms with Gasteiger partial charge in [-0.2, -0.15) is 9.50 Å². The van der Waals surface area contributed by atoms with Crippen LogP contribution in [0.4, 0.5) is 5.95 Å². The normalized spacial score (nSPS) is 14.1. The molecule has 10 heteroatoms. The molecule has 1 fully saturated rings. The summed E-state index contributed by atoms with van der Waals surface area (Å²) in [5.74, 6) is 1.02. The van der Waals surface area contributed by atoms with Crippen LogP contribution in [0.25, 0.3) is 17.0 Å². The molecule has 1 aliphatic heterocycles. The number of hydrogen-bond acceptors (Lipinski definition) is 8. The third-order valence-electron chi connectivity index (χ3n) is 5.35. The minimum atomic E-state index is -0.234. The van der Waals surface area contributed by atoms with Crippen molar-refractivity contribution >= 4 is 23.6 Å². The molecular formula is C21H25N7O3. The smallest absolute Gasteiger partial charge is 0.305 e. The number of carbonyl (C=O) groups is 2. The SMILES string of the molecule is COC(=O)CCCCC(=O)N1CCN(c2nc3nccc(-c4cccnc4)n3n2)CC1. The number of hydrogen-bond donors (Lipinski definition) is 0. The van der Waals surface area contributed by atoms with E-state index in [4.69, 9.17) is 0 Å². The Hall–Kier alpha value is -3.56. The van der Waals surface area contributed by atoms with Crippen molar-refractivity contribution in [1.29, 1.82) is 0 Å². The van der Waals surface area contributed by atoms with E-state index in [0.29, 0.717) is 63.6 Å². The van der Waals surface area contributed by atoms with Gasteiger partial charge in [0.1, 0.15) is 0 Å². The van der Waals surface area contributed by atoms with Crippen molar-refractivity contribution in [2.24, 2.45) is 0 Å². The summed E-state index contributed by atoms with van der Waals surface area (Å²) >= 11 is 0. The topological polar surface area (TPSA) is 106 Å². The highest BCUT2D eigenvalue weighted by atomic mass is 16.5. The molecule has 0 saturated carbocycles. The predicted octanol–water partition coefficient (Wildman–Crippen LogP) is 1.57. The van der Waals surface area contributed by atoms with Crippen LogP contribution in [0.2, 0.25) is 0 Å². The number of esters is 1. The van der Waals surface area contributed by atoms with Crippen molar-refractivity contribution in [3.05, 3.63) is 36.8 Å². The first-order valence-electron chi connectivity index (χ1n) is 10.4. The van der Waals surface area contributed by atoms with Gasteiger partial charge in [-0.1, -0.05) is 0 Å². The van der Waals surface area contributed by atoms with Crippen molar-refractivity contribution in [1.82, 2.24) is 29.5 Å². The van der Waals surface area contributed by atoms with Crippen LogP contribution < -0.4 is 4.90 Å². The number of fused-ring (bicyclic) bond motifs is 1. The van der Waals surface area contributed by atoms with E-state index in [2.05, 4.69) is 29.7 Å². The number of rotatable bonds is 7. The quantitative estimate of drug-likeness (QED) is 0.416. The lowest BCUT2D eigenvalue weighted by Crippen LogP contribution is -2.49. The molecule has 0 unspecified atom stereocenters. The van der Waals surface area contributed by atoms with Gasteiger partial charge >= 0.3 is 5.97 Å². The molecule has 1 aliphatic rings. The van der Waals surface area contributed by atoms with E-state index in [-0.39, 0.29) is 11.9 Å². The zero-order valence-corrected chi connectivity index (χ0v) is 17.5. The lowest BCUT2D eigenvalue weighted by Gasteiger charge is -2.34. The van der Waals surface area contributed by atoms with Gasteiger partial charge in [0, 0.05) is 63.2 Å². The Morgan fingerprint density at radius 3 is 2.61 bits per heavy atom. The van der Waals surface area contributed by atoms with Gasteiger partial charge in [-0.3, -0.25) is 14.6 Å². The van der Waals surface area contributed by atoms with Crippen LogP contribution >= 0.6 is 0 Å². The first-order chi connectivity index (χ1) is 15.2. The highest BCUT2D eigenvalue weighted by Gasteiger charge is 2.24. The summed E-state index contributed by atoms with van der Waals surface area (Å²) in [6, 6.07) is 5.74. The van der Waals surface area contributed by atoms with Gasteiger partial charge in [-0.15, -0.1) is 5.10 Å². The minimum absolute atomic E-state index is 0.119. The second kappa shape index (κ2) is 9.50. The first kappa shape index (κ1) is 20.7. The molecule has 1 amide bonds. The van der Waals surface area contributed by atoms with Gasteiger partial charge in [-0.25, -0.2) is 4.98 Å². The number of anilines is 1. The van der Waals surface area contributed by atoms with Crippen LogP contribution in [0.3, 0.4) is 0 Å². The third-order valence-corrected chi connectivity index (χ3v) is 5.35. The van der Waals surface area contributed by atoms with Crippen LogP contribution in [-0.2, 0) is 14.3 Å². The molecule has 162 valence electrons. The third kappa shape index (κ3) is 4.79. The Labute approximate surface area is 179 Å². The lowest BCUT2D eigenvalue weighted by atomic mass is 10.1. The van der Waals surface area contributed by atoms with Crippen molar-refractivity contribution in [2.45, 2.75) is 25.7 Å². The summed E-state index contributed by atoms with van der Waals surface area (Å²) in [6.07, 6.45) is 7.38. The average molecular weight is 423 g/mol. The molecule has 4 heterocycles. The van der Waals surface area contributed by atoms with Crippen molar-refractivity contribution < 1.29 is 14.3 Å². The molecular weight excluding hydrogens is 398 g/mol. The molecule has 0 radical (unpaired) electrons. The molecule has 0 aliphatic carbocycles. The summed E-state index contributed by atoms with van der Waals surface area (Å²) < 4.78 is 6.35. The van der Waals surface area contributed by atoms with Crippen LogP contribution in [0.15, 0.2) is 36.8 Å². The number of ether oxygens (including phenoxy) is 1. The number of methoxy groups -OCH3 is 1. The van der Waals surface area contributed by atoms with E-state index >= 15 is 0 Å². The van der Waals surface area contributed by atoms with Crippen LogP contribution in [-0.4, -0.2) is 74.6 Å². The fraction of sp³-hybridized carbons (Fsp3) is 0.429. The van der Waals surface area contributed by atoms with Crippen LogP contribution in [0.1, 0.15) is 25.7 Å². The van der Waals surface area contributed by atoms with E-state index in [0.717, 1.165) is 11.3 Å². The summed E-state index contributed by atoms with van der Waals surface area (Å²) in [5, 5.41) is 4.66. The van der Waals surface area contributed by atoms with E-state index in [9.17, 15) is 9.59 Å². The van der Waals surface area contributed by atoms with Gasteiger partial charge in [0.05, 0.1) is 12.8 Å². The maximum absolute atomic E-state index is 12.4. The zero-order valence-electron chi connectivity index (χ0n) is 17.5. The summed E-state index contributed by atoms with van der Waals surface area (Å²) in [5.41, 5.74) is 1.81. The van der Waals surface area contributed by atoms with Crippen molar-refractivity contribution in [3.8, 4) is 11.3 Å². The second-order valence-electron chi connectivity index (χ2n) is 7.35. The molecule has 0 aromatic carbocycles. The minimum Gasteiger partial charge on any atom is -0.469 e. The van der Waals surface area contributed by atoms with Crippen LogP contribution in [0.5, 0.6) is 0 Å². The lowest BCUT2D eigenvalue weighted by molar-refractivity contribution is -0.141. The van der Waals surface area contributed by atoms with Gasteiger partial charge in [0.15, 0.2) is 0 Å². The molecule has 0 spiro atoms. The van der Waals surface area contributed by atoms with Crippen molar-refractivity contribution in [3.63, 3.8) is 0 Å². The molecule has 1 saturated heterocycles. The van der Waals surface area contributed by atoms with E-state index in [1.165, 1.54) is 7.11 Å².